The van der Waals surface area contributed by atoms with Gasteiger partial charge in [0.25, 0.3) is 0 Å². The number of ether oxygens (including phenoxy) is 5. The summed E-state index contributed by atoms with van der Waals surface area (Å²) in [6, 6.07) is 11.9. The number of nitrogens with one attached hydrogen (secondary N) is 2. The Balaban J connectivity index is 1.37. The minimum absolute atomic E-state index is 0.0997. The van der Waals surface area contributed by atoms with E-state index in [1.807, 2.05) is 65.8 Å². The minimum Gasteiger partial charge on any atom is -0.494 e. The Labute approximate surface area is 290 Å². The lowest BCUT2D eigenvalue weighted by atomic mass is 10.1. The third kappa shape index (κ3) is 12.6. The highest BCUT2D eigenvalue weighted by Gasteiger charge is 2.21. The molecule has 3 aromatic rings. The van der Waals surface area contributed by atoms with Crippen molar-refractivity contribution in [3.8, 4) is 11.5 Å². The lowest BCUT2D eigenvalue weighted by Crippen LogP contribution is -2.36. The van der Waals surface area contributed by atoms with E-state index in [-0.39, 0.29) is 18.7 Å². The van der Waals surface area contributed by atoms with Crippen molar-refractivity contribution in [3.05, 3.63) is 48.3 Å². The zero-order valence-electron chi connectivity index (χ0n) is 30.1. The molecule has 1 saturated heterocycles. The molecule has 0 saturated carbocycles. The highest BCUT2D eigenvalue weighted by molar-refractivity contribution is 5.96. The van der Waals surface area contributed by atoms with E-state index in [0.29, 0.717) is 43.4 Å². The van der Waals surface area contributed by atoms with Crippen LogP contribution in [0.4, 0.5) is 16.3 Å². The average molecular weight is 680 g/mol. The van der Waals surface area contributed by atoms with Gasteiger partial charge in [-0.1, -0.05) is 25.0 Å². The molecule has 12 heteroatoms. The van der Waals surface area contributed by atoms with Gasteiger partial charge in [-0.2, -0.15) is 0 Å². The van der Waals surface area contributed by atoms with Crippen LogP contribution in [0.1, 0.15) is 85.8 Å². The van der Waals surface area contributed by atoms with Crippen molar-refractivity contribution >= 4 is 34.5 Å². The van der Waals surface area contributed by atoms with Crippen molar-refractivity contribution in [1.29, 1.82) is 0 Å². The topological polar surface area (TPSA) is 133 Å². The fourth-order valence-corrected chi connectivity index (χ4v) is 5.30. The Bertz CT molecular complexity index is 1530. The molecule has 1 aliphatic rings. The SMILES string of the molecule is C[C@@H](Nc1ncnc2c(OCC(=O)OC(C)(C)C)cc(N3CCOCC3)cc12)c1cccc(OCCCCCCNC(=O)OC(C)(C)C)c1. The second-order valence-corrected chi connectivity index (χ2v) is 14.2. The molecule has 1 atom stereocenters. The van der Waals surface area contributed by atoms with E-state index in [0.717, 1.165) is 61.2 Å². The van der Waals surface area contributed by atoms with Crippen LogP contribution in [0.2, 0.25) is 0 Å². The normalized spacial score (nSPS) is 14.2. The van der Waals surface area contributed by atoms with Gasteiger partial charge >= 0.3 is 12.1 Å². The average Bonchev–Trinajstić information content (AvgIpc) is 3.04. The van der Waals surface area contributed by atoms with E-state index in [1.165, 1.54) is 6.33 Å². The van der Waals surface area contributed by atoms with Gasteiger partial charge < -0.3 is 39.2 Å². The molecule has 1 fully saturated rings. The lowest BCUT2D eigenvalue weighted by molar-refractivity contribution is -0.157. The van der Waals surface area contributed by atoms with Crippen molar-refractivity contribution in [2.75, 3.05) is 56.3 Å². The van der Waals surface area contributed by atoms with Crippen LogP contribution in [0, 0.1) is 0 Å². The molecule has 1 amide bonds. The van der Waals surface area contributed by atoms with Gasteiger partial charge in [-0.05, 0) is 85.1 Å². The summed E-state index contributed by atoms with van der Waals surface area (Å²) in [5, 5.41) is 7.15. The first kappa shape index (κ1) is 37.5. The lowest BCUT2D eigenvalue weighted by Gasteiger charge is -2.29. The second kappa shape index (κ2) is 17.4. The van der Waals surface area contributed by atoms with Gasteiger partial charge in [0.05, 0.1) is 25.9 Å². The first-order valence-corrected chi connectivity index (χ1v) is 17.2. The number of morpholine rings is 1. The molecule has 268 valence electrons. The van der Waals surface area contributed by atoms with Gasteiger partial charge in [0.1, 0.15) is 40.4 Å². The summed E-state index contributed by atoms with van der Waals surface area (Å²) in [5.41, 5.74) is 1.48. The van der Waals surface area contributed by atoms with Crippen molar-refractivity contribution in [2.24, 2.45) is 0 Å². The first-order chi connectivity index (χ1) is 23.3. The fraction of sp³-hybridized carbons (Fsp3) is 0.568. The van der Waals surface area contributed by atoms with E-state index in [1.54, 1.807) is 0 Å². The molecule has 49 heavy (non-hydrogen) atoms. The number of carbonyl (C=O) groups is 2. The van der Waals surface area contributed by atoms with Crippen LogP contribution >= 0.6 is 0 Å². The molecule has 0 unspecified atom stereocenters. The predicted molar refractivity (Wildman–Crippen MR) is 191 cm³/mol. The number of esters is 1. The molecule has 2 aromatic carbocycles. The molecule has 12 nitrogen and oxygen atoms in total. The standard InChI is InChI=1S/C37H53N5O7/c1-26(27-13-12-14-29(21-27)46-18-11-9-8-10-15-38-35(44)49-37(5,6)7)41-34-30-22-28(42-16-19-45-20-17-42)23-31(33(30)39-25-40-34)47-24-32(43)48-36(2,3)4/h12-14,21-23,25-26H,8-11,15-20,24H2,1-7H3,(H,38,44)(H,39,40,41)/t26-/m1/s1. The summed E-state index contributed by atoms with van der Waals surface area (Å²) in [6.07, 6.45) is 4.93. The monoisotopic (exact) mass is 679 g/mol. The van der Waals surface area contributed by atoms with Crippen LogP contribution in [-0.4, -0.2) is 79.3 Å². The number of benzene rings is 2. The highest BCUT2D eigenvalue weighted by Crippen LogP contribution is 2.35. The molecular weight excluding hydrogens is 626 g/mol. The Hall–Kier alpha value is -4.32. The molecule has 2 heterocycles. The van der Waals surface area contributed by atoms with E-state index in [4.69, 9.17) is 23.7 Å². The molecule has 1 aromatic heterocycles. The van der Waals surface area contributed by atoms with Gasteiger partial charge in [0.15, 0.2) is 6.61 Å². The number of fused-ring (bicyclic) bond motifs is 1. The smallest absolute Gasteiger partial charge is 0.407 e. The second-order valence-electron chi connectivity index (χ2n) is 14.2. The maximum Gasteiger partial charge on any atom is 0.407 e. The number of alkyl carbamates (subject to hydrolysis) is 1. The number of carbonyl (C=O) groups excluding carboxylic acids is 2. The number of unbranched alkanes of at least 4 members (excludes halogenated alkanes) is 3. The minimum atomic E-state index is -0.612. The number of aromatic nitrogens is 2. The molecule has 0 radical (unpaired) electrons. The largest absolute Gasteiger partial charge is 0.494 e. The van der Waals surface area contributed by atoms with Crippen LogP contribution in [0.3, 0.4) is 0 Å². The fourth-order valence-electron chi connectivity index (χ4n) is 5.30. The van der Waals surface area contributed by atoms with Crippen LogP contribution in [0.15, 0.2) is 42.7 Å². The Kier molecular flexibility index (Phi) is 13.3. The Morgan fingerprint density at radius 3 is 2.39 bits per heavy atom. The molecule has 0 bridgehead atoms. The van der Waals surface area contributed by atoms with Gasteiger partial charge in [-0.25, -0.2) is 19.6 Å². The summed E-state index contributed by atoms with van der Waals surface area (Å²) >= 11 is 0. The molecule has 1 aliphatic heterocycles. The zero-order chi connectivity index (χ0) is 35.4. The number of amides is 1. The number of hydrogen-bond acceptors (Lipinski definition) is 11. The number of anilines is 2. The Morgan fingerprint density at radius 1 is 0.918 bits per heavy atom. The molecule has 2 N–H and O–H groups in total. The van der Waals surface area contributed by atoms with Gasteiger partial charge in [-0.3, -0.25) is 0 Å². The van der Waals surface area contributed by atoms with Crippen molar-refractivity contribution in [3.63, 3.8) is 0 Å². The quantitative estimate of drug-likeness (QED) is 0.129. The third-order valence-corrected chi connectivity index (χ3v) is 7.55. The van der Waals surface area contributed by atoms with Crippen LogP contribution in [0.25, 0.3) is 10.9 Å². The number of nitrogens with zero attached hydrogens (tertiary/aromatic N) is 3. The summed E-state index contributed by atoms with van der Waals surface area (Å²) in [5.74, 6) is 1.49. The maximum absolute atomic E-state index is 12.5. The maximum atomic E-state index is 12.5. The van der Waals surface area contributed by atoms with E-state index in [2.05, 4.69) is 44.6 Å². The first-order valence-electron chi connectivity index (χ1n) is 17.2. The van der Waals surface area contributed by atoms with Gasteiger partial charge in [0.2, 0.25) is 0 Å². The van der Waals surface area contributed by atoms with Gasteiger partial charge in [-0.15, -0.1) is 0 Å². The summed E-state index contributed by atoms with van der Waals surface area (Å²) in [6.45, 7) is 16.8. The molecule has 0 aliphatic carbocycles. The van der Waals surface area contributed by atoms with Crippen LogP contribution in [-0.2, 0) is 19.0 Å². The summed E-state index contributed by atoms with van der Waals surface area (Å²) in [4.78, 5) is 35.6. The van der Waals surface area contributed by atoms with E-state index < -0.39 is 17.2 Å². The Morgan fingerprint density at radius 2 is 1.65 bits per heavy atom. The van der Waals surface area contributed by atoms with E-state index in [9.17, 15) is 9.59 Å². The number of rotatable bonds is 15. The van der Waals surface area contributed by atoms with Crippen LogP contribution < -0.4 is 25.0 Å². The molecule has 0 spiro atoms. The zero-order valence-corrected chi connectivity index (χ0v) is 30.1. The number of hydrogen-bond donors (Lipinski definition) is 2. The predicted octanol–water partition coefficient (Wildman–Crippen LogP) is 6.82. The van der Waals surface area contributed by atoms with Crippen molar-refractivity contribution in [1.82, 2.24) is 15.3 Å². The third-order valence-electron chi connectivity index (χ3n) is 7.55. The van der Waals surface area contributed by atoms with E-state index >= 15 is 0 Å². The van der Waals surface area contributed by atoms with Gasteiger partial charge in [0, 0.05) is 36.8 Å². The highest BCUT2D eigenvalue weighted by atomic mass is 16.6. The summed E-state index contributed by atoms with van der Waals surface area (Å²) in [7, 11) is 0. The van der Waals surface area contributed by atoms with Crippen molar-refractivity contribution < 1.29 is 33.3 Å². The molecular formula is C37H53N5O7. The van der Waals surface area contributed by atoms with Crippen molar-refractivity contribution in [2.45, 2.75) is 91.4 Å². The molecule has 4 rings (SSSR count). The van der Waals surface area contributed by atoms with Crippen LogP contribution in [0.5, 0.6) is 11.5 Å². The summed E-state index contributed by atoms with van der Waals surface area (Å²) < 4.78 is 28.4.